The molecule has 0 aromatic heterocycles. The van der Waals surface area contributed by atoms with Crippen molar-refractivity contribution in [3.63, 3.8) is 0 Å². The van der Waals surface area contributed by atoms with E-state index < -0.39 is 6.10 Å². The lowest BCUT2D eigenvalue weighted by molar-refractivity contribution is 0.104. The van der Waals surface area contributed by atoms with Gasteiger partial charge in [-0.05, 0) is 118 Å². The maximum Gasteiger partial charge on any atom is 0.126 e. The van der Waals surface area contributed by atoms with Gasteiger partial charge in [0, 0.05) is 62.6 Å². The Morgan fingerprint density at radius 2 is 1.78 bits per heavy atom. The Morgan fingerprint density at radius 3 is 2.53 bits per heavy atom. The van der Waals surface area contributed by atoms with Crippen LogP contribution < -0.4 is 10.2 Å². The SMILES string of the molecule is C=C(OCC(C)=CC=C(C)N1CCC(CNC(CN2CCCC2)C(O)c2ccc(CCC3CC3)c(F)c2)C1)C1CCN(c2ccccc2)C1. The first kappa shape index (κ1) is 35.7. The molecule has 2 N–H and O–H groups in total. The van der Waals surface area contributed by atoms with Crippen molar-refractivity contribution in [2.24, 2.45) is 17.8 Å². The van der Waals surface area contributed by atoms with E-state index in [1.807, 2.05) is 12.1 Å². The lowest BCUT2D eigenvalue weighted by atomic mass is 9.97. The highest BCUT2D eigenvalue weighted by atomic mass is 19.1. The van der Waals surface area contributed by atoms with E-state index in [-0.39, 0.29) is 11.9 Å². The number of rotatable bonds is 17. The van der Waals surface area contributed by atoms with Crippen molar-refractivity contribution in [3.8, 4) is 0 Å². The van der Waals surface area contributed by atoms with Gasteiger partial charge in [-0.1, -0.05) is 55.8 Å². The minimum absolute atomic E-state index is 0.133. The Morgan fingerprint density at radius 1 is 0.980 bits per heavy atom. The van der Waals surface area contributed by atoms with Crippen LogP contribution in [-0.2, 0) is 11.2 Å². The molecule has 0 bridgehead atoms. The molecule has 0 amide bonds. The van der Waals surface area contributed by atoms with E-state index in [1.54, 1.807) is 6.07 Å². The van der Waals surface area contributed by atoms with Gasteiger partial charge in [-0.3, -0.25) is 0 Å². The van der Waals surface area contributed by atoms with Crippen LogP contribution in [0.15, 0.2) is 84.3 Å². The van der Waals surface area contributed by atoms with Gasteiger partial charge < -0.3 is 29.9 Å². The number of aliphatic hydroxyl groups excluding tert-OH is 1. The second-order valence-corrected chi connectivity index (χ2v) is 15.2. The highest BCUT2D eigenvalue weighted by molar-refractivity contribution is 5.47. The summed E-state index contributed by atoms with van der Waals surface area (Å²) in [7, 11) is 0. The molecule has 3 aliphatic heterocycles. The summed E-state index contributed by atoms with van der Waals surface area (Å²) >= 11 is 0. The molecule has 6 nitrogen and oxygen atoms in total. The van der Waals surface area contributed by atoms with Crippen LogP contribution >= 0.6 is 0 Å². The monoisotopic (exact) mass is 670 g/mol. The van der Waals surface area contributed by atoms with Crippen molar-refractivity contribution in [1.29, 1.82) is 0 Å². The van der Waals surface area contributed by atoms with Crippen LogP contribution in [0.4, 0.5) is 10.1 Å². The van der Waals surface area contributed by atoms with Crippen molar-refractivity contribution in [3.05, 3.63) is 101 Å². The van der Waals surface area contributed by atoms with Gasteiger partial charge in [-0.15, -0.1) is 0 Å². The summed E-state index contributed by atoms with van der Waals surface area (Å²) < 4.78 is 21.2. The first-order chi connectivity index (χ1) is 23.8. The molecule has 6 rings (SSSR count). The lowest BCUT2D eigenvalue weighted by Gasteiger charge is -2.30. The molecular weight excluding hydrogens is 611 g/mol. The molecule has 1 saturated carbocycles. The zero-order valence-electron chi connectivity index (χ0n) is 30.0. The second-order valence-electron chi connectivity index (χ2n) is 15.2. The van der Waals surface area contributed by atoms with Crippen LogP contribution in [-0.4, -0.2) is 79.9 Å². The largest absolute Gasteiger partial charge is 0.494 e. The number of allylic oxidation sites excluding steroid dienone is 3. The Kier molecular flexibility index (Phi) is 12.5. The Labute approximate surface area is 294 Å². The molecule has 0 spiro atoms. The first-order valence-corrected chi connectivity index (χ1v) is 18.9. The molecule has 4 unspecified atom stereocenters. The molecule has 4 atom stereocenters. The summed E-state index contributed by atoms with van der Waals surface area (Å²) in [5.41, 5.74) is 5.18. The predicted molar refractivity (Wildman–Crippen MR) is 199 cm³/mol. The van der Waals surface area contributed by atoms with Crippen molar-refractivity contribution in [2.45, 2.75) is 77.4 Å². The zero-order valence-corrected chi connectivity index (χ0v) is 30.0. The topological polar surface area (TPSA) is 51.2 Å². The third kappa shape index (κ3) is 10.2. The van der Waals surface area contributed by atoms with E-state index in [0.717, 1.165) is 95.3 Å². The van der Waals surface area contributed by atoms with Gasteiger partial charge in [-0.25, -0.2) is 4.39 Å². The van der Waals surface area contributed by atoms with Gasteiger partial charge in [0.25, 0.3) is 0 Å². The summed E-state index contributed by atoms with van der Waals surface area (Å²) in [6, 6.07) is 15.9. The summed E-state index contributed by atoms with van der Waals surface area (Å²) in [6.45, 7) is 16.9. The number of aryl methyl sites for hydroxylation is 1. The molecule has 3 saturated heterocycles. The number of likely N-dealkylation sites (tertiary alicyclic amines) is 2. The fourth-order valence-corrected chi connectivity index (χ4v) is 7.74. The van der Waals surface area contributed by atoms with Gasteiger partial charge in [-0.2, -0.15) is 0 Å². The Balaban J connectivity index is 0.961. The number of hydrogen-bond acceptors (Lipinski definition) is 6. The van der Waals surface area contributed by atoms with E-state index in [9.17, 15) is 5.11 Å². The summed E-state index contributed by atoms with van der Waals surface area (Å²) in [4.78, 5) is 7.32. The van der Waals surface area contributed by atoms with Gasteiger partial charge >= 0.3 is 0 Å². The van der Waals surface area contributed by atoms with Crippen LogP contribution in [0.5, 0.6) is 0 Å². The van der Waals surface area contributed by atoms with Gasteiger partial charge in [0.2, 0.25) is 0 Å². The maximum absolute atomic E-state index is 15.1. The van der Waals surface area contributed by atoms with Gasteiger partial charge in [0.1, 0.15) is 12.4 Å². The van der Waals surface area contributed by atoms with Crippen LogP contribution in [0, 0.1) is 23.6 Å². The number of nitrogens with one attached hydrogen (secondary N) is 1. The molecule has 49 heavy (non-hydrogen) atoms. The molecule has 2 aromatic carbocycles. The molecule has 7 heteroatoms. The normalized spacial score (nSPS) is 23.3. The third-order valence-corrected chi connectivity index (χ3v) is 11.3. The van der Waals surface area contributed by atoms with Crippen LogP contribution in [0.25, 0.3) is 0 Å². The van der Waals surface area contributed by atoms with Crippen molar-refractivity contribution < 1.29 is 14.2 Å². The highest BCUT2D eigenvalue weighted by Gasteiger charge is 2.29. The maximum atomic E-state index is 15.1. The smallest absolute Gasteiger partial charge is 0.126 e. The standard InChI is InChI=1S/C42H59FN4O2/c1-31(30-49-33(3)38-20-24-47(28-38)39-9-5-4-6-10-39)11-12-32(2)46-23-19-35(27-46)26-44-41(29-45-21-7-8-22-45)42(48)37-18-17-36(40(43)25-37)16-15-34-13-14-34/h4-6,9-12,17-18,25,34-35,38,41-42,44,48H,3,7-8,13-16,19-24,26-30H2,1-2H3. The number of aliphatic hydroxyl groups is 1. The Bertz CT molecular complexity index is 1430. The fourth-order valence-electron chi connectivity index (χ4n) is 7.74. The van der Waals surface area contributed by atoms with Crippen LogP contribution in [0.1, 0.15) is 76.0 Å². The summed E-state index contributed by atoms with van der Waals surface area (Å²) in [5, 5.41) is 15.3. The number of nitrogens with zero attached hydrogens (tertiary/aromatic N) is 3. The minimum atomic E-state index is -0.741. The lowest BCUT2D eigenvalue weighted by Crippen LogP contribution is -2.46. The molecule has 3 heterocycles. The summed E-state index contributed by atoms with van der Waals surface area (Å²) in [6.07, 6.45) is 12.7. The third-order valence-electron chi connectivity index (χ3n) is 11.3. The molecule has 266 valence electrons. The molecular formula is C42H59FN4O2. The van der Waals surface area contributed by atoms with Crippen LogP contribution in [0.3, 0.4) is 0 Å². The minimum Gasteiger partial charge on any atom is -0.494 e. The fraction of sp³-hybridized carbons (Fsp3) is 0.571. The van der Waals surface area contributed by atoms with E-state index in [1.165, 1.54) is 42.6 Å². The van der Waals surface area contributed by atoms with E-state index >= 15 is 4.39 Å². The van der Waals surface area contributed by atoms with E-state index in [0.29, 0.717) is 24.0 Å². The number of ether oxygens (including phenoxy) is 1. The number of benzene rings is 2. The Hall–Kier alpha value is -3.13. The average molecular weight is 671 g/mol. The number of para-hydroxylation sites is 1. The molecule has 0 radical (unpaired) electrons. The van der Waals surface area contributed by atoms with Gasteiger partial charge in [0.05, 0.1) is 11.9 Å². The molecule has 1 aliphatic carbocycles. The number of halogens is 1. The van der Waals surface area contributed by atoms with Crippen molar-refractivity contribution in [1.82, 2.24) is 15.1 Å². The zero-order chi connectivity index (χ0) is 34.2. The average Bonchev–Trinajstić information content (AvgIpc) is 3.48. The van der Waals surface area contributed by atoms with Crippen LogP contribution in [0.2, 0.25) is 0 Å². The predicted octanol–water partition coefficient (Wildman–Crippen LogP) is 7.48. The summed E-state index contributed by atoms with van der Waals surface area (Å²) in [5.74, 6) is 2.36. The highest BCUT2D eigenvalue weighted by Crippen LogP contribution is 2.34. The quantitative estimate of drug-likeness (QED) is 0.135. The van der Waals surface area contributed by atoms with Gasteiger partial charge in [0.15, 0.2) is 0 Å². The number of hydrogen-bond donors (Lipinski definition) is 2. The molecule has 2 aromatic rings. The van der Waals surface area contributed by atoms with Crippen molar-refractivity contribution in [2.75, 3.05) is 63.9 Å². The van der Waals surface area contributed by atoms with E-state index in [2.05, 4.69) is 82.9 Å². The second kappa shape index (κ2) is 17.2. The molecule has 4 fully saturated rings. The van der Waals surface area contributed by atoms with E-state index in [4.69, 9.17) is 4.74 Å². The number of anilines is 1. The molecule has 4 aliphatic rings. The first-order valence-electron chi connectivity index (χ1n) is 18.9. The van der Waals surface area contributed by atoms with Crippen molar-refractivity contribution >= 4 is 5.69 Å².